The number of aromatic nitrogens is 1. The molecule has 0 saturated carbocycles. The van der Waals surface area contributed by atoms with Gasteiger partial charge in [-0.3, -0.25) is 9.78 Å². The molecular formula is C14H17N3O. The van der Waals surface area contributed by atoms with E-state index in [-0.39, 0.29) is 11.9 Å². The standard InChI is InChI=1S/C14H17N3O/c1-2-11(9-15)17-14(18)12-7-3-5-10-6-4-8-16-13(10)12/h3-8,11H,2,9,15H2,1H3,(H,17,18). The van der Waals surface area contributed by atoms with Gasteiger partial charge in [0.1, 0.15) is 0 Å². The van der Waals surface area contributed by atoms with Crippen LogP contribution in [0, 0.1) is 0 Å². The summed E-state index contributed by atoms with van der Waals surface area (Å²) < 4.78 is 0. The number of carbonyl (C=O) groups is 1. The van der Waals surface area contributed by atoms with Crippen molar-refractivity contribution in [2.24, 2.45) is 5.73 Å². The van der Waals surface area contributed by atoms with Crippen molar-refractivity contribution in [1.82, 2.24) is 10.3 Å². The van der Waals surface area contributed by atoms with E-state index >= 15 is 0 Å². The SMILES string of the molecule is CCC(CN)NC(=O)c1cccc2cccnc12. The molecule has 0 aliphatic heterocycles. The van der Waals surface area contributed by atoms with Gasteiger partial charge in [0, 0.05) is 24.2 Å². The van der Waals surface area contributed by atoms with E-state index in [1.54, 1.807) is 12.3 Å². The van der Waals surface area contributed by atoms with Crippen molar-refractivity contribution in [2.45, 2.75) is 19.4 Å². The smallest absolute Gasteiger partial charge is 0.253 e. The fraction of sp³-hybridized carbons (Fsp3) is 0.286. The first-order valence-corrected chi connectivity index (χ1v) is 6.11. The number of nitrogens with two attached hydrogens (primary N) is 1. The largest absolute Gasteiger partial charge is 0.348 e. The number of hydrogen-bond acceptors (Lipinski definition) is 3. The highest BCUT2D eigenvalue weighted by Crippen LogP contribution is 2.15. The van der Waals surface area contributed by atoms with Crippen LogP contribution in [0.25, 0.3) is 10.9 Å². The molecule has 0 radical (unpaired) electrons. The molecule has 1 heterocycles. The second-order valence-corrected chi connectivity index (χ2v) is 4.20. The third-order valence-corrected chi connectivity index (χ3v) is 2.99. The Morgan fingerprint density at radius 3 is 2.89 bits per heavy atom. The van der Waals surface area contributed by atoms with E-state index in [0.29, 0.717) is 12.1 Å². The van der Waals surface area contributed by atoms with E-state index in [2.05, 4.69) is 10.3 Å². The zero-order valence-electron chi connectivity index (χ0n) is 10.4. The molecule has 4 heteroatoms. The Bertz CT molecular complexity index is 544. The van der Waals surface area contributed by atoms with Gasteiger partial charge in [0.2, 0.25) is 0 Å². The molecule has 1 amide bonds. The first kappa shape index (κ1) is 12.5. The zero-order chi connectivity index (χ0) is 13.0. The summed E-state index contributed by atoms with van der Waals surface area (Å²) in [6.07, 6.45) is 2.51. The lowest BCUT2D eigenvalue weighted by Gasteiger charge is -2.15. The van der Waals surface area contributed by atoms with Crippen molar-refractivity contribution in [3.63, 3.8) is 0 Å². The predicted molar refractivity (Wildman–Crippen MR) is 72.3 cm³/mol. The quantitative estimate of drug-likeness (QED) is 0.858. The highest BCUT2D eigenvalue weighted by molar-refractivity contribution is 6.05. The molecule has 3 N–H and O–H groups in total. The average molecular weight is 243 g/mol. The number of fused-ring (bicyclic) bond motifs is 1. The van der Waals surface area contributed by atoms with Gasteiger partial charge in [-0.25, -0.2) is 0 Å². The number of amides is 1. The summed E-state index contributed by atoms with van der Waals surface area (Å²) in [7, 11) is 0. The highest BCUT2D eigenvalue weighted by Gasteiger charge is 2.13. The molecule has 2 rings (SSSR count). The van der Waals surface area contributed by atoms with Crippen molar-refractivity contribution < 1.29 is 4.79 Å². The number of carbonyl (C=O) groups excluding carboxylic acids is 1. The average Bonchev–Trinajstić information content (AvgIpc) is 2.43. The Labute approximate surface area is 106 Å². The summed E-state index contributed by atoms with van der Waals surface area (Å²) in [5.41, 5.74) is 6.92. The summed E-state index contributed by atoms with van der Waals surface area (Å²) in [6, 6.07) is 9.41. The number of benzene rings is 1. The summed E-state index contributed by atoms with van der Waals surface area (Å²) in [5, 5.41) is 3.88. The number of pyridine rings is 1. The Morgan fingerprint density at radius 2 is 2.17 bits per heavy atom. The van der Waals surface area contributed by atoms with Gasteiger partial charge in [-0.2, -0.15) is 0 Å². The van der Waals surface area contributed by atoms with Gasteiger partial charge >= 0.3 is 0 Å². The number of nitrogens with zero attached hydrogens (tertiary/aromatic N) is 1. The van der Waals surface area contributed by atoms with E-state index in [9.17, 15) is 4.79 Å². The van der Waals surface area contributed by atoms with Gasteiger partial charge in [0.05, 0.1) is 11.1 Å². The topological polar surface area (TPSA) is 68.0 Å². The Hall–Kier alpha value is -1.94. The van der Waals surface area contributed by atoms with Crippen LogP contribution < -0.4 is 11.1 Å². The molecule has 2 aromatic rings. The molecule has 94 valence electrons. The van der Waals surface area contributed by atoms with Crippen LogP contribution in [0.4, 0.5) is 0 Å². The molecule has 0 aliphatic carbocycles. The second kappa shape index (κ2) is 5.60. The van der Waals surface area contributed by atoms with E-state index < -0.39 is 0 Å². The molecule has 0 fully saturated rings. The van der Waals surface area contributed by atoms with Crippen LogP contribution in [0.5, 0.6) is 0 Å². The van der Waals surface area contributed by atoms with Crippen molar-refractivity contribution >= 4 is 16.8 Å². The maximum atomic E-state index is 12.2. The van der Waals surface area contributed by atoms with E-state index in [1.165, 1.54) is 0 Å². The highest BCUT2D eigenvalue weighted by atomic mass is 16.1. The summed E-state index contributed by atoms with van der Waals surface area (Å²) in [6.45, 7) is 2.44. The lowest BCUT2D eigenvalue weighted by Crippen LogP contribution is -2.39. The summed E-state index contributed by atoms with van der Waals surface area (Å²) in [4.78, 5) is 16.4. The molecule has 4 nitrogen and oxygen atoms in total. The van der Waals surface area contributed by atoms with Crippen LogP contribution in [0.1, 0.15) is 23.7 Å². The third-order valence-electron chi connectivity index (χ3n) is 2.99. The molecule has 1 aromatic carbocycles. The Morgan fingerprint density at radius 1 is 1.39 bits per heavy atom. The third kappa shape index (κ3) is 2.49. The van der Waals surface area contributed by atoms with Gasteiger partial charge in [-0.1, -0.05) is 25.1 Å². The summed E-state index contributed by atoms with van der Waals surface area (Å²) >= 11 is 0. The molecule has 1 atom stereocenters. The molecule has 0 saturated heterocycles. The zero-order valence-corrected chi connectivity index (χ0v) is 10.4. The van der Waals surface area contributed by atoms with E-state index in [4.69, 9.17) is 5.73 Å². The fourth-order valence-corrected chi connectivity index (χ4v) is 1.88. The number of rotatable bonds is 4. The van der Waals surface area contributed by atoms with Crippen LogP contribution in [0.3, 0.4) is 0 Å². The molecule has 1 aromatic heterocycles. The second-order valence-electron chi connectivity index (χ2n) is 4.20. The van der Waals surface area contributed by atoms with E-state index in [1.807, 2.05) is 31.2 Å². The normalized spacial score (nSPS) is 12.3. The fourth-order valence-electron chi connectivity index (χ4n) is 1.88. The van der Waals surface area contributed by atoms with Gasteiger partial charge in [-0.05, 0) is 18.6 Å². The Kier molecular flexibility index (Phi) is 3.89. The van der Waals surface area contributed by atoms with Gasteiger partial charge in [0.15, 0.2) is 0 Å². The van der Waals surface area contributed by atoms with Gasteiger partial charge in [-0.15, -0.1) is 0 Å². The van der Waals surface area contributed by atoms with Gasteiger partial charge < -0.3 is 11.1 Å². The molecule has 18 heavy (non-hydrogen) atoms. The lowest BCUT2D eigenvalue weighted by molar-refractivity contribution is 0.0938. The first-order valence-electron chi connectivity index (χ1n) is 6.11. The minimum absolute atomic E-state index is 0.0106. The molecular weight excluding hydrogens is 226 g/mol. The minimum Gasteiger partial charge on any atom is -0.348 e. The molecule has 0 bridgehead atoms. The predicted octanol–water partition coefficient (Wildman–Crippen LogP) is 1.70. The Balaban J connectivity index is 2.33. The van der Waals surface area contributed by atoms with Crippen molar-refractivity contribution in [3.05, 3.63) is 42.1 Å². The van der Waals surface area contributed by atoms with Crippen LogP contribution in [0.2, 0.25) is 0 Å². The lowest BCUT2D eigenvalue weighted by atomic mass is 10.1. The van der Waals surface area contributed by atoms with Crippen LogP contribution in [-0.4, -0.2) is 23.5 Å². The maximum Gasteiger partial charge on any atom is 0.253 e. The van der Waals surface area contributed by atoms with E-state index in [0.717, 1.165) is 17.3 Å². The van der Waals surface area contributed by atoms with Crippen LogP contribution >= 0.6 is 0 Å². The molecule has 1 unspecified atom stereocenters. The van der Waals surface area contributed by atoms with Crippen LogP contribution in [-0.2, 0) is 0 Å². The minimum atomic E-state index is -0.114. The van der Waals surface area contributed by atoms with Crippen molar-refractivity contribution in [3.8, 4) is 0 Å². The number of nitrogens with one attached hydrogen (secondary N) is 1. The van der Waals surface area contributed by atoms with Crippen molar-refractivity contribution in [1.29, 1.82) is 0 Å². The molecule has 0 aliphatic rings. The summed E-state index contributed by atoms with van der Waals surface area (Å²) in [5.74, 6) is -0.114. The van der Waals surface area contributed by atoms with Gasteiger partial charge in [0.25, 0.3) is 5.91 Å². The first-order chi connectivity index (χ1) is 8.76. The number of hydrogen-bond donors (Lipinski definition) is 2. The van der Waals surface area contributed by atoms with Crippen LogP contribution in [0.15, 0.2) is 36.5 Å². The van der Waals surface area contributed by atoms with Crippen molar-refractivity contribution in [2.75, 3.05) is 6.54 Å². The number of para-hydroxylation sites is 1. The maximum absolute atomic E-state index is 12.2. The monoisotopic (exact) mass is 243 g/mol. The molecule has 0 spiro atoms.